The molecule has 0 aliphatic carbocycles. The van der Waals surface area contributed by atoms with Crippen LogP contribution in [0.15, 0.2) is 48.5 Å². The zero-order valence-electron chi connectivity index (χ0n) is 18.4. The van der Waals surface area contributed by atoms with Crippen molar-refractivity contribution in [1.82, 2.24) is 9.80 Å². The lowest BCUT2D eigenvalue weighted by molar-refractivity contribution is -0.139. The fourth-order valence-electron chi connectivity index (χ4n) is 3.92. The lowest BCUT2D eigenvalue weighted by Crippen LogP contribution is -2.46. The maximum atomic E-state index is 13.1. The summed E-state index contributed by atoms with van der Waals surface area (Å²) in [5, 5.41) is 0. The van der Waals surface area contributed by atoms with Crippen LogP contribution in [0.2, 0.25) is 0 Å². The van der Waals surface area contributed by atoms with Crippen LogP contribution in [0.4, 0.5) is 4.39 Å². The molecule has 2 aromatic carbocycles. The molecule has 0 N–H and O–H groups in total. The molecule has 1 unspecified atom stereocenters. The van der Waals surface area contributed by atoms with Crippen LogP contribution in [-0.4, -0.2) is 54.9 Å². The molecule has 1 aliphatic heterocycles. The number of nitrogens with zero attached hydrogens (tertiary/aromatic N) is 2. The Morgan fingerprint density at radius 1 is 1.16 bits per heavy atom. The molecule has 0 radical (unpaired) electrons. The van der Waals surface area contributed by atoms with E-state index in [0.717, 1.165) is 36.1 Å². The molecule has 0 bridgehead atoms. The number of piperidine rings is 1. The third-order valence-corrected chi connectivity index (χ3v) is 5.76. The predicted octanol–water partition coefficient (Wildman–Crippen LogP) is 3.84. The Morgan fingerprint density at radius 3 is 2.65 bits per heavy atom. The van der Waals surface area contributed by atoms with Crippen LogP contribution in [0.3, 0.4) is 0 Å². The zero-order chi connectivity index (χ0) is 22.2. The lowest BCUT2D eigenvalue weighted by atomic mass is 9.96. The van der Waals surface area contributed by atoms with Gasteiger partial charge in [0.05, 0.1) is 18.9 Å². The summed E-state index contributed by atoms with van der Waals surface area (Å²) in [6.07, 6.45) is 2.59. The van der Waals surface area contributed by atoms with Crippen LogP contribution >= 0.6 is 0 Å². The first kappa shape index (κ1) is 22.8. The van der Waals surface area contributed by atoms with Crippen molar-refractivity contribution < 1.29 is 18.7 Å². The Kier molecular flexibility index (Phi) is 8.04. The number of carbonyl (C=O) groups excluding carboxylic acids is 2. The van der Waals surface area contributed by atoms with E-state index in [1.165, 1.54) is 12.1 Å². The summed E-state index contributed by atoms with van der Waals surface area (Å²) in [6, 6.07) is 13.9. The summed E-state index contributed by atoms with van der Waals surface area (Å²) in [6.45, 7) is 4.29. The smallest absolute Gasteiger partial charge is 0.227 e. The second-order valence-electron chi connectivity index (χ2n) is 8.21. The second kappa shape index (κ2) is 10.9. The first-order chi connectivity index (χ1) is 14.9. The van der Waals surface area contributed by atoms with Crippen LogP contribution in [0.5, 0.6) is 5.75 Å². The van der Waals surface area contributed by atoms with E-state index in [4.69, 9.17) is 4.74 Å². The van der Waals surface area contributed by atoms with Gasteiger partial charge < -0.3 is 14.5 Å². The molecule has 1 fully saturated rings. The van der Waals surface area contributed by atoms with E-state index in [1.807, 2.05) is 38.2 Å². The van der Waals surface area contributed by atoms with Gasteiger partial charge >= 0.3 is 0 Å². The van der Waals surface area contributed by atoms with E-state index < -0.39 is 0 Å². The van der Waals surface area contributed by atoms with E-state index in [-0.39, 0.29) is 30.0 Å². The first-order valence-corrected chi connectivity index (χ1v) is 10.9. The van der Waals surface area contributed by atoms with E-state index in [0.29, 0.717) is 26.2 Å². The minimum Gasteiger partial charge on any atom is -0.493 e. The molecule has 1 aliphatic rings. The molecule has 0 spiro atoms. The molecule has 31 heavy (non-hydrogen) atoms. The number of ether oxygens (including phenoxy) is 1. The Balaban J connectivity index is 1.44. The van der Waals surface area contributed by atoms with Crippen molar-refractivity contribution in [2.75, 3.05) is 33.3 Å². The van der Waals surface area contributed by atoms with Crippen molar-refractivity contribution in [2.45, 2.75) is 32.6 Å². The SMILES string of the molecule is Cc1ccccc1OCCCN(C)C(=O)C1CCCN(C(=O)Cc2ccc(F)cc2)C1. The standard InChI is InChI=1S/C25H31FN2O3/c1-19-7-3-4-9-23(19)31-16-6-14-27(2)25(30)21-8-5-15-28(18-21)24(29)17-20-10-12-22(26)13-11-20/h3-4,7,9-13,21H,5-6,8,14-18H2,1-2H3. The van der Waals surface area contributed by atoms with Crippen LogP contribution < -0.4 is 4.74 Å². The van der Waals surface area contributed by atoms with Crippen molar-refractivity contribution in [3.05, 3.63) is 65.5 Å². The summed E-state index contributed by atoms with van der Waals surface area (Å²) < 4.78 is 18.9. The van der Waals surface area contributed by atoms with E-state index in [2.05, 4.69) is 0 Å². The van der Waals surface area contributed by atoms with Crippen LogP contribution in [0, 0.1) is 18.7 Å². The van der Waals surface area contributed by atoms with Crippen LogP contribution in [-0.2, 0) is 16.0 Å². The third kappa shape index (κ3) is 6.54. The lowest BCUT2D eigenvalue weighted by Gasteiger charge is -2.34. The van der Waals surface area contributed by atoms with E-state index in [9.17, 15) is 14.0 Å². The highest BCUT2D eigenvalue weighted by molar-refractivity contribution is 5.82. The molecule has 0 aromatic heterocycles. The largest absolute Gasteiger partial charge is 0.493 e. The van der Waals surface area contributed by atoms with Crippen LogP contribution in [0.1, 0.15) is 30.4 Å². The minimum absolute atomic E-state index is 0.0154. The molecule has 0 saturated carbocycles. The molecule has 1 heterocycles. The molecular formula is C25H31FN2O3. The normalized spacial score (nSPS) is 16.1. The molecule has 2 amide bonds. The number of likely N-dealkylation sites (tertiary alicyclic amines) is 1. The van der Waals surface area contributed by atoms with Crippen molar-refractivity contribution in [2.24, 2.45) is 5.92 Å². The number of para-hydroxylation sites is 1. The van der Waals surface area contributed by atoms with Gasteiger partial charge in [-0.2, -0.15) is 0 Å². The van der Waals surface area contributed by atoms with Gasteiger partial charge in [0, 0.05) is 26.7 Å². The number of hydrogen-bond donors (Lipinski definition) is 0. The van der Waals surface area contributed by atoms with Crippen molar-refractivity contribution in [1.29, 1.82) is 0 Å². The third-order valence-electron chi connectivity index (χ3n) is 5.76. The number of carbonyl (C=O) groups is 2. The Labute approximate surface area is 183 Å². The second-order valence-corrected chi connectivity index (χ2v) is 8.21. The average Bonchev–Trinajstić information content (AvgIpc) is 2.78. The number of benzene rings is 2. The van der Waals surface area contributed by atoms with E-state index in [1.54, 1.807) is 21.9 Å². The molecule has 2 aromatic rings. The van der Waals surface area contributed by atoms with Gasteiger partial charge in [0.25, 0.3) is 0 Å². The van der Waals surface area contributed by atoms with Crippen molar-refractivity contribution >= 4 is 11.8 Å². The molecule has 5 nitrogen and oxygen atoms in total. The molecule has 1 atom stereocenters. The number of rotatable bonds is 8. The van der Waals surface area contributed by atoms with Crippen molar-refractivity contribution in [3.8, 4) is 5.75 Å². The van der Waals surface area contributed by atoms with Gasteiger partial charge in [-0.3, -0.25) is 9.59 Å². The number of amides is 2. The van der Waals surface area contributed by atoms with Crippen molar-refractivity contribution in [3.63, 3.8) is 0 Å². The highest BCUT2D eigenvalue weighted by atomic mass is 19.1. The van der Waals surface area contributed by atoms with Gasteiger partial charge in [0.1, 0.15) is 11.6 Å². The summed E-state index contributed by atoms with van der Waals surface area (Å²) in [5.74, 6) is 0.452. The van der Waals surface area contributed by atoms with Gasteiger partial charge in [0.2, 0.25) is 11.8 Å². The first-order valence-electron chi connectivity index (χ1n) is 10.9. The zero-order valence-corrected chi connectivity index (χ0v) is 18.4. The molecular weight excluding hydrogens is 395 g/mol. The predicted molar refractivity (Wildman–Crippen MR) is 118 cm³/mol. The average molecular weight is 427 g/mol. The minimum atomic E-state index is -0.313. The fraction of sp³-hybridized carbons (Fsp3) is 0.440. The number of hydrogen-bond acceptors (Lipinski definition) is 3. The van der Waals surface area contributed by atoms with Gasteiger partial charge in [-0.1, -0.05) is 30.3 Å². The fourth-order valence-corrected chi connectivity index (χ4v) is 3.92. The van der Waals surface area contributed by atoms with Gasteiger partial charge in [-0.15, -0.1) is 0 Å². The molecule has 6 heteroatoms. The van der Waals surface area contributed by atoms with Gasteiger partial charge in [-0.05, 0) is 55.5 Å². The van der Waals surface area contributed by atoms with Crippen LogP contribution in [0.25, 0.3) is 0 Å². The molecule has 1 saturated heterocycles. The Bertz CT molecular complexity index is 885. The highest BCUT2D eigenvalue weighted by Crippen LogP contribution is 2.20. The van der Waals surface area contributed by atoms with Gasteiger partial charge in [-0.25, -0.2) is 4.39 Å². The summed E-state index contributed by atoms with van der Waals surface area (Å²) >= 11 is 0. The molecule has 3 rings (SSSR count). The molecule has 166 valence electrons. The maximum absolute atomic E-state index is 13.1. The topological polar surface area (TPSA) is 49.9 Å². The van der Waals surface area contributed by atoms with E-state index >= 15 is 0 Å². The summed E-state index contributed by atoms with van der Waals surface area (Å²) in [7, 11) is 1.81. The quantitative estimate of drug-likeness (QED) is 0.603. The highest BCUT2D eigenvalue weighted by Gasteiger charge is 2.30. The number of aryl methyl sites for hydroxylation is 1. The Morgan fingerprint density at radius 2 is 1.90 bits per heavy atom. The summed E-state index contributed by atoms with van der Waals surface area (Å²) in [5.41, 5.74) is 1.88. The number of halogens is 1. The Hall–Kier alpha value is -2.89. The summed E-state index contributed by atoms with van der Waals surface area (Å²) in [4.78, 5) is 29.1. The monoisotopic (exact) mass is 426 g/mol. The van der Waals surface area contributed by atoms with Gasteiger partial charge in [0.15, 0.2) is 0 Å². The maximum Gasteiger partial charge on any atom is 0.227 e.